The summed E-state index contributed by atoms with van der Waals surface area (Å²) in [5.41, 5.74) is 0.787. The molecule has 0 bridgehead atoms. The fraction of sp³-hybridized carbons (Fsp3) is 0.500. The highest BCUT2D eigenvalue weighted by molar-refractivity contribution is 6.42. The van der Waals surface area contributed by atoms with E-state index in [-0.39, 0.29) is 12.5 Å². The maximum atomic E-state index is 11.2. The number of nitrogens with zero attached hydrogens (tertiary/aromatic N) is 1. The van der Waals surface area contributed by atoms with E-state index in [4.69, 9.17) is 33.0 Å². The van der Waals surface area contributed by atoms with Gasteiger partial charge in [-0.25, -0.2) is 4.79 Å². The molecule has 1 heterocycles. The third-order valence-electron chi connectivity index (χ3n) is 3.89. The first kappa shape index (κ1) is 16.2. The van der Waals surface area contributed by atoms with Gasteiger partial charge in [0.25, 0.3) is 0 Å². The molecule has 0 spiro atoms. The zero-order valence-electron chi connectivity index (χ0n) is 11.6. The molecule has 1 aliphatic rings. The van der Waals surface area contributed by atoms with Crippen LogP contribution >= 0.6 is 23.2 Å². The number of carbonyl (C=O) groups is 1. The lowest BCUT2D eigenvalue weighted by molar-refractivity contribution is 0.0715. The van der Waals surface area contributed by atoms with Crippen molar-refractivity contribution in [3.63, 3.8) is 0 Å². The molecule has 0 aliphatic carbocycles. The molecule has 2 atom stereocenters. The van der Waals surface area contributed by atoms with Crippen molar-refractivity contribution in [2.24, 2.45) is 0 Å². The second kappa shape index (κ2) is 6.73. The highest BCUT2D eigenvalue weighted by Gasteiger charge is 2.34. The van der Waals surface area contributed by atoms with Crippen LogP contribution in [0.4, 0.5) is 4.79 Å². The Morgan fingerprint density at radius 1 is 1.48 bits per heavy atom. The van der Waals surface area contributed by atoms with E-state index in [1.165, 1.54) is 4.90 Å². The molecule has 1 aliphatic heterocycles. The van der Waals surface area contributed by atoms with Crippen LogP contribution in [0.25, 0.3) is 0 Å². The lowest BCUT2D eigenvalue weighted by Gasteiger charge is -2.37. The van der Waals surface area contributed by atoms with Crippen molar-refractivity contribution < 1.29 is 19.7 Å². The molecule has 2 N–H and O–H groups in total. The number of rotatable bonds is 3. The number of halogens is 2. The molecule has 1 aromatic carbocycles. The Morgan fingerprint density at radius 2 is 2.19 bits per heavy atom. The van der Waals surface area contributed by atoms with Crippen LogP contribution in [0.1, 0.15) is 24.3 Å². The molecule has 7 heteroatoms. The zero-order valence-corrected chi connectivity index (χ0v) is 13.1. The summed E-state index contributed by atoms with van der Waals surface area (Å²) in [5.74, 6) is 0.633. The first-order valence-corrected chi connectivity index (χ1v) is 7.37. The van der Waals surface area contributed by atoms with Gasteiger partial charge < -0.3 is 19.8 Å². The summed E-state index contributed by atoms with van der Waals surface area (Å²) in [5, 5.41) is 19.4. The van der Waals surface area contributed by atoms with E-state index in [1.54, 1.807) is 19.2 Å². The molecule has 0 radical (unpaired) electrons. The first-order valence-electron chi connectivity index (χ1n) is 6.61. The number of ether oxygens (including phenoxy) is 1. The minimum Gasteiger partial charge on any atom is -0.496 e. The van der Waals surface area contributed by atoms with Gasteiger partial charge in [-0.2, -0.15) is 0 Å². The normalized spacial score (nSPS) is 22.2. The van der Waals surface area contributed by atoms with Crippen molar-refractivity contribution in [2.75, 3.05) is 20.3 Å². The summed E-state index contributed by atoms with van der Waals surface area (Å²) >= 11 is 12.4. The molecule has 2 rings (SSSR count). The van der Waals surface area contributed by atoms with Gasteiger partial charge in [-0.15, -0.1) is 0 Å². The quantitative estimate of drug-likeness (QED) is 0.890. The van der Waals surface area contributed by atoms with Gasteiger partial charge in [-0.1, -0.05) is 23.2 Å². The van der Waals surface area contributed by atoms with Crippen molar-refractivity contribution in [2.45, 2.75) is 24.8 Å². The molecule has 5 nitrogen and oxygen atoms in total. The SMILES string of the molecule is COc1ccc(Cl)c(Cl)c1[C@@H]1CCN(C(=O)O)[C@H](CO)C1. The fourth-order valence-electron chi connectivity index (χ4n) is 2.85. The topological polar surface area (TPSA) is 70.0 Å². The highest BCUT2D eigenvalue weighted by atomic mass is 35.5. The van der Waals surface area contributed by atoms with Gasteiger partial charge in [-0.05, 0) is 30.9 Å². The summed E-state index contributed by atoms with van der Waals surface area (Å²) in [6, 6.07) is 2.98. The number of benzene rings is 1. The van der Waals surface area contributed by atoms with Crippen molar-refractivity contribution in [3.05, 3.63) is 27.7 Å². The summed E-state index contributed by atoms with van der Waals surface area (Å²) in [7, 11) is 1.55. The van der Waals surface area contributed by atoms with Crippen LogP contribution in [-0.4, -0.2) is 47.5 Å². The molecule has 1 saturated heterocycles. The van der Waals surface area contributed by atoms with Gasteiger partial charge in [0.2, 0.25) is 0 Å². The van der Waals surface area contributed by atoms with E-state index in [0.717, 1.165) is 5.56 Å². The number of aliphatic hydroxyl groups excluding tert-OH is 1. The van der Waals surface area contributed by atoms with Crippen LogP contribution in [0.5, 0.6) is 5.75 Å². The van der Waals surface area contributed by atoms with E-state index in [9.17, 15) is 9.90 Å². The number of hydrogen-bond donors (Lipinski definition) is 2. The summed E-state index contributed by atoms with van der Waals surface area (Å²) in [6.07, 6.45) is 0.0787. The van der Waals surface area contributed by atoms with Crippen molar-refractivity contribution >= 4 is 29.3 Å². The van der Waals surface area contributed by atoms with Crippen LogP contribution in [0, 0.1) is 0 Å². The molecule has 1 aromatic rings. The Hall–Kier alpha value is -1.17. The van der Waals surface area contributed by atoms with Gasteiger partial charge in [0.15, 0.2) is 0 Å². The van der Waals surface area contributed by atoms with Crippen LogP contribution in [-0.2, 0) is 0 Å². The van der Waals surface area contributed by atoms with E-state index in [0.29, 0.717) is 35.2 Å². The number of carboxylic acid groups (broad SMARTS) is 1. The second-order valence-corrected chi connectivity index (χ2v) is 5.80. The second-order valence-electron chi connectivity index (χ2n) is 5.01. The lowest BCUT2D eigenvalue weighted by Crippen LogP contribution is -2.46. The van der Waals surface area contributed by atoms with E-state index < -0.39 is 12.1 Å². The zero-order chi connectivity index (χ0) is 15.6. The Morgan fingerprint density at radius 3 is 2.76 bits per heavy atom. The van der Waals surface area contributed by atoms with Gasteiger partial charge >= 0.3 is 6.09 Å². The van der Waals surface area contributed by atoms with Gasteiger partial charge in [0, 0.05) is 12.1 Å². The number of hydrogen-bond acceptors (Lipinski definition) is 3. The molecule has 0 aromatic heterocycles. The predicted molar refractivity (Wildman–Crippen MR) is 80.6 cm³/mol. The van der Waals surface area contributed by atoms with Gasteiger partial charge in [0.1, 0.15) is 5.75 Å². The third-order valence-corrected chi connectivity index (χ3v) is 4.71. The molecule has 0 unspecified atom stereocenters. The number of amides is 1. The number of piperidine rings is 1. The highest BCUT2D eigenvalue weighted by Crippen LogP contribution is 2.43. The molecule has 21 heavy (non-hydrogen) atoms. The standard InChI is InChI=1S/C14H17Cl2NO4/c1-21-11-3-2-10(15)13(16)12(11)8-4-5-17(14(19)20)9(6-8)7-18/h2-3,8-9,18H,4-7H2,1H3,(H,19,20)/t8-,9+/m1/s1. The van der Waals surface area contributed by atoms with Crippen molar-refractivity contribution in [1.29, 1.82) is 0 Å². The predicted octanol–water partition coefficient (Wildman–Crippen LogP) is 3.22. The van der Waals surface area contributed by atoms with Crippen molar-refractivity contribution in [3.8, 4) is 5.75 Å². The van der Waals surface area contributed by atoms with Gasteiger partial charge in [-0.3, -0.25) is 0 Å². The molecular formula is C14H17Cl2NO4. The number of likely N-dealkylation sites (tertiary alicyclic amines) is 1. The fourth-order valence-corrected chi connectivity index (χ4v) is 3.32. The minimum absolute atomic E-state index is 0.00102. The average Bonchev–Trinajstić information content (AvgIpc) is 2.49. The molecule has 1 amide bonds. The third kappa shape index (κ3) is 3.20. The Kier molecular flexibility index (Phi) is 5.19. The minimum atomic E-state index is -1.02. The maximum absolute atomic E-state index is 11.2. The van der Waals surface area contributed by atoms with Crippen molar-refractivity contribution in [1.82, 2.24) is 4.90 Å². The van der Waals surface area contributed by atoms with Crippen LogP contribution < -0.4 is 4.74 Å². The van der Waals surface area contributed by atoms with E-state index in [2.05, 4.69) is 0 Å². The molecular weight excluding hydrogens is 317 g/mol. The first-order chi connectivity index (χ1) is 9.99. The molecule has 0 saturated carbocycles. The van der Waals surface area contributed by atoms with Crippen LogP contribution in [0.2, 0.25) is 10.0 Å². The Bertz CT molecular complexity index is 538. The van der Waals surface area contributed by atoms with E-state index >= 15 is 0 Å². The molecule has 1 fully saturated rings. The lowest BCUT2D eigenvalue weighted by atomic mass is 9.85. The Balaban J connectivity index is 2.32. The molecule has 116 valence electrons. The summed E-state index contributed by atoms with van der Waals surface area (Å²) < 4.78 is 5.34. The summed E-state index contributed by atoms with van der Waals surface area (Å²) in [4.78, 5) is 12.4. The Labute approximate surface area is 133 Å². The largest absolute Gasteiger partial charge is 0.496 e. The summed E-state index contributed by atoms with van der Waals surface area (Å²) in [6.45, 7) is 0.126. The maximum Gasteiger partial charge on any atom is 0.407 e. The monoisotopic (exact) mass is 333 g/mol. The van der Waals surface area contributed by atoms with Crippen LogP contribution in [0.3, 0.4) is 0 Å². The smallest absolute Gasteiger partial charge is 0.407 e. The van der Waals surface area contributed by atoms with Crippen LogP contribution in [0.15, 0.2) is 12.1 Å². The van der Waals surface area contributed by atoms with E-state index in [1.807, 2.05) is 0 Å². The average molecular weight is 334 g/mol. The van der Waals surface area contributed by atoms with Gasteiger partial charge in [0.05, 0.1) is 29.8 Å². The number of methoxy groups -OCH3 is 1. The number of aliphatic hydroxyl groups is 1.